The summed E-state index contributed by atoms with van der Waals surface area (Å²) in [6, 6.07) is 10.7. The first-order chi connectivity index (χ1) is 15.6. The zero-order chi connectivity index (χ0) is 21.8. The molecular weight excluding hydrogens is 424 g/mol. The van der Waals surface area contributed by atoms with Crippen molar-refractivity contribution in [3.63, 3.8) is 0 Å². The van der Waals surface area contributed by atoms with Gasteiger partial charge >= 0.3 is 0 Å². The van der Waals surface area contributed by atoms with E-state index in [0.29, 0.717) is 34.6 Å². The number of furan rings is 1. The Morgan fingerprint density at radius 1 is 1.16 bits per heavy atom. The Bertz CT molecular complexity index is 1380. The maximum atomic E-state index is 13.1. The summed E-state index contributed by atoms with van der Waals surface area (Å²) < 4.78 is 7.62. The summed E-state index contributed by atoms with van der Waals surface area (Å²) >= 11 is 1.48. The van der Waals surface area contributed by atoms with Crippen LogP contribution in [0.5, 0.6) is 5.75 Å². The highest BCUT2D eigenvalue weighted by Crippen LogP contribution is 2.38. The molecule has 4 aromatic rings. The molecule has 2 aliphatic rings. The van der Waals surface area contributed by atoms with Gasteiger partial charge in [0.2, 0.25) is 0 Å². The highest BCUT2D eigenvalue weighted by atomic mass is 32.1. The average molecular weight is 447 g/mol. The van der Waals surface area contributed by atoms with E-state index in [1.807, 2.05) is 21.4 Å². The van der Waals surface area contributed by atoms with Gasteiger partial charge in [0.05, 0.1) is 5.56 Å². The molecule has 0 aliphatic carbocycles. The van der Waals surface area contributed by atoms with Crippen molar-refractivity contribution in [1.29, 1.82) is 0 Å². The van der Waals surface area contributed by atoms with Crippen LogP contribution >= 0.6 is 11.3 Å². The molecule has 1 aromatic carbocycles. The third-order valence-corrected chi connectivity index (χ3v) is 7.47. The standard InChI is InChI=1S/C25H22N2O4S/c28-21-4-5-22-24(19(13-31-22)25(30)16-6-7-32-14-16)18(21)12-26-9-15-8-17(11-26)20-2-1-3-23(29)27(20)10-15/h1-7,13-15,17,28H,8-12H2/t15-,17+/m1/s1. The number of phenols is 1. The van der Waals surface area contributed by atoms with Gasteiger partial charge in [-0.2, -0.15) is 11.3 Å². The van der Waals surface area contributed by atoms with Crippen molar-refractivity contribution in [2.75, 3.05) is 13.1 Å². The van der Waals surface area contributed by atoms with Gasteiger partial charge in [-0.1, -0.05) is 6.07 Å². The van der Waals surface area contributed by atoms with E-state index in [4.69, 9.17) is 4.42 Å². The van der Waals surface area contributed by atoms with Crippen LogP contribution in [0.4, 0.5) is 0 Å². The zero-order valence-electron chi connectivity index (χ0n) is 17.4. The normalized spacial score (nSPS) is 20.4. The third kappa shape index (κ3) is 3.12. The van der Waals surface area contributed by atoms with E-state index < -0.39 is 0 Å². The Labute approximate surface area is 188 Å². The lowest BCUT2D eigenvalue weighted by atomic mass is 9.83. The van der Waals surface area contributed by atoms with E-state index >= 15 is 0 Å². The second-order valence-corrected chi connectivity index (χ2v) is 9.60. The lowest BCUT2D eigenvalue weighted by Crippen LogP contribution is -2.46. The number of carbonyl (C=O) groups is 1. The zero-order valence-corrected chi connectivity index (χ0v) is 18.2. The minimum absolute atomic E-state index is 0.0723. The molecule has 0 saturated carbocycles. The number of pyridine rings is 1. The van der Waals surface area contributed by atoms with Gasteiger partial charge in [-0.05, 0) is 42.0 Å². The smallest absolute Gasteiger partial charge is 0.250 e. The summed E-state index contributed by atoms with van der Waals surface area (Å²) in [5, 5.41) is 15.2. The molecule has 2 bridgehead atoms. The number of aromatic nitrogens is 1. The van der Waals surface area contributed by atoms with Gasteiger partial charge in [-0.3, -0.25) is 14.5 Å². The van der Waals surface area contributed by atoms with Crippen LogP contribution in [0.1, 0.15) is 39.5 Å². The molecule has 162 valence electrons. The molecule has 7 heteroatoms. The van der Waals surface area contributed by atoms with Crippen LogP contribution in [0.15, 0.2) is 62.6 Å². The van der Waals surface area contributed by atoms with Crippen molar-refractivity contribution in [3.8, 4) is 5.75 Å². The first-order valence-corrected chi connectivity index (χ1v) is 11.7. The Morgan fingerprint density at radius 3 is 2.91 bits per heavy atom. The van der Waals surface area contributed by atoms with Crippen LogP contribution in [0.3, 0.4) is 0 Å². The molecule has 1 N–H and O–H groups in total. The first kappa shape index (κ1) is 19.5. The summed E-state index contributed by atoms with van der Waals surface area (Å²) in [5.74, 6) is 0.749. The first-order valence-electron chi connectivity index (χ1n) is 10.8. The number of carbonyl (C=O) groups excluding carboxylic acids is 1. The number of piperidine rings is 1. The fraction of sp³-hybridized carbons (Fsp3) is 0.280. The number of nitrogens with zero attached hydrogens (tertiary/aromatic N) is 2. The lowest BCUT2D eigenvalue weighted by molar-refractivity contribution is 0.103. The molecule has 2 atom stereocenters. The van der Waals surface area contributed by atoms with Gasteiger partial charge < -0.3 is 14.1 Å². The predicted octanol–water partition coefficient (Wildman–Crippen LogP) is 4.21. The minimum atomic E-state index is -0.0966. The second-order valence-electron chi connectivity index (χ2n) is 8.82. The number of hydrogen-bond donors (Lipinski definition) is 1. The topological polar surface area (TPSA) is 75.7 Å². The number of hydrogen-bond acceptors (Lipinski definition) is 6. The van der Waals surface area contributed by atoms with E-state index in [-0.39, 0.29) is 23.0 Å². The van der Waals surface area contributed by atoms with E-state index in [2.05, 4.69) is 11.0 Å². The van der Waals surface area contributed by atoms with E-state index in [1.165, 1.54) is 17.6 Å². The number of phenolic OH excluding ortho intramolecular Hbond substituents is 1. The van der Waals surface area contributed by atoms with Gasteiger partial charge in [0.15, 0.2) is 5.78 Å². The highest BCUT2D eigenvalue weighted by Gasteiger charge is 2.35. The van der Waals surface area contributed by atoms with Crippen LogP contribution in [0, 0.1) is 5.92 Å². The fourth-order valence-electron chi connectivity index (χ4n) is 5.41. The van der Waals surface area contributed by atoms with Crippen LogP contribution in [0.25, 0.3) is 11.0 Å². The Kier molecular flexibility index (Phi) is 4.55. The third-order valence-electron chi connectivity index (χ3n) is 6.79. The summed E-state index contributed by atoms with van der Waals surface area (Å²) in [5.41, 5.74) is 3.60. The van der Waals surface area contributed by atoms with E-state index in [9.17, 15) is 14.7 Å². The average Bonchev–Trinajstić information content (AvgIpc) is 3.46. The molecule has 0 radical (unpaired) electrons. The minimum Gasteiger partial charge on any atom is -0.508 e. The number of fused-ring (bicyclic) bond motifs is 5. The molecule has 1 fully saturated rings. The van der Waals surface area contributed by atoms with Gasteiger partial charge in [0, 0.05) is 65.8 Å². The molecule has 6 nitrogen and oxygen atoms in total. The molecular formula is C25H22N2O4S. The summed E-state index contributed by atoms with van der Waals surface area (Å²) in [6.45, 7) is 2.91. The lowest BCUT2D eigenvalue weighted by Gasteiger charge is -2.42. The molecule has 6 rings (SSSR count). The van der Waals surface area contributed by atoms with E-state index in [0.717, 1.165) is 37.3 Å². The summed E-state index contributed by atoms with van der Waals surface area (Å²) in [7, 11) is 0. The van der Waals surface area contributed by atoms with Gasteiger partial charge in [0.25, 0.3) is 5.56 Å². The maximum Gasteiger partial charge on any atom is 0.250 e. The van der Waals surface area contributed by atoms with Gasteiger partial charge in [0.1, 0.15) is 17.6 Å². The van der Waals surface area contributed by atoms with Crippen LogP contribution in [-0.2, 0) is 13.1 Å². The van der Waals surface area contributed by atoms with Crippen molar-refractivity contribution in [2.45, 2.75) is 25.4 Å². The van der Waals surface area contributed by atoms with Crippen molar-refractivity contribution < 1.29 is 14.3 Å². The summed E-state index contributed by atoms with van der Waals surface area (Å²) in [6.07, 6.45) is 2.57. The largest absolute Gasteiger partial charge is 0.508 e. The number of likely N-dealkylation sites (tertiary alicyclic amines) is 1. The van der Waals surface area contributed by atoms with Gasteiger partial charge in [-0.25, -0.2) is 0 Å². The molecule has 0 unspecified atom stereocenters. The van der Waals surface area contributed by atoms with Gasteiger partial charge in [-0.15, -0.1) is 0 Å². The Balaban J connectivity index is 1.36. The van der Waals surface area contributed by atoms with Crippen LogP contribution in [-0.4, -0.2) is 33.4 Å². The highest BCUT2D eigenvalue weighted by molar-refractivity contribution is 7.08. The maximum absolute atomic E-state index is 13.1. The molecule has 2 aliphatic heterocycles. The predicted molar refractivity (Wildman–Crippen MR) is 122 cm³/mol. The molecule has 0 amide bonds. The molecule has 32 heavy (non-hydrogen) atoms. The summed E-state index contributed by atoms with van der Waals surface area (Å²) in [4.78, 5) is 27.7. The van der Waals surface area contributed by atoms with E-state index in [1.54, 1.807) is 24.3 Å². The van der Waals surface area contributed by atoms with Crippen LogP contribution in [0.2, 0.25) is 0 Å². The van der Waals surface area contributed by atoms with Crippen molar-refractivity contribution >= 4 is 28.1 Å². The molecule has 5 heterocycles. The molecule has 1 saturated heterocycles. The number of thiophene rings is 1. The Hall–Kier alpha value is -3.16. The van der Waals surface area contributed by atoms with Crippen LogP contribution < -0.4 is 5.56 Å². The van der Waals surface area contributed by atoms with Crippen molar-refractivity contribution in [3.05, 3.63) is 86.2 Å². The van der Waals surface area contributed by atoms with Crippen molar-refractivity contribution in [1.82, 2.24) is 9.47 Å². The fourth-order valence-corrected chi connectivity index (χ4v) is 6.05. The Morgan fingerprint density at radius 2 is 2.06 bits per heavy atom. The van der Waals surface area contributed by atoms with Crippen molar-refractivity contribution in [2.24, 2.45) is 5.92 Å². The second kappa shape index (κ2) is 7.46. The number of ketones is 1. The number of rotatable bonds is 4. The number of benzene rings is 1. The molecule has 3 aromatic heterocycles. The SMILES string of the molecule is O=C(c1ccsc1)c1coc2ccc(O)c(CN3C[C@H]4C[C@@H](C3)c3cccc(=O)n3C4)c12. The number of aromatic hydroxyl groups is 1. The molecule has 0 spiro atoms. The quantitative estimate of drug-likeness (QED) is 0.475. The monoisotopic (exact) mass is 446 g/mol.